The maximum Gasteiger partial charge on any atom is 0.138 e. The van der Waals surface area contributed by atoms with Crippen LogP contribution in [0.15, 0.2) is 12.1 Å². The molecular formula is C17H24Cl2N2O. The largest absolute Gasteiger partial charge is 0.489 e. The molecule has 0 aliphatic carbocycles. The van der Waals surface area contributed by atoms with Gasteiger partial charge in [0, 0.05) is 24.2 Å². The number of halogens is 2. The van der Waals surface area contributed by atoms with E-state index in [0.717, 1.165) is 56.4 Å². The van der Waals surface area contributed by atoms with Crippen LogP contribution in [0.2, 0.25) is 10.0 Å². The van der Waals surface area contributed by atoms with Gasteiger partial charge in [-0.15, -0.1) is 0 Å². The topological polar surface area (TPSA) is 24.5 Å². The zero-order chi connectivity index (χ0) is 15.5. The highest BCUT2D eigenvalue weighted by atomic mass is 35.5. The van der Waals surface area contributed by atoms with Crippen LogP contribution in [0.1, 0.15) is 31.2 Å². The Hall–Kier alpha value is -0.480. The third kappa shape index (κ3) is 3.70. The van der Waals surface area contributed by atoms with E-state index in [1.54, 1.807) is 0 Å². The second-order valence-electron chi connectivity index (χ2n) is 6.32. The lowest BCUT2D eigenvalue weighted by Crippen LogP contribution is -2.48. The Balaban J connectivity index is 1.54. The quantitative estimate of drug-likeness (QED) is 0.901. The molecule has 1 N–H and O–H groups in total. The second-order valence-corrected chi connectivity index (χ2v) is 7.10. The van der Waals surface area contributed by atoms with Crippen molar-refractivity contribution in [1.29, 1.82) is 0 Å². The average Bonchev–Trinajstić information content (AvgIpc) is 2.57. The number of hydrogen-bond donors (Lipinski definition) is 1. The summed E-state index contributed by atoms with van der Waals surface area (Å²) < 4.78 is 6.13. The van der Waals surface area contributed by atoms with E-state index >= 15 is 0 Å². The Labute approximate surface area is 142 Å². The zero-order valence-electron chi connectivity index (χ0n) is 13.1. The fourth-order valence-corrected chi connectivity index (χ4v) is 3.85. The van der Waals surface area contributed by atoms with E-state index in [2.05, 4.69) is 10.2 Å². The SMILES string of the molecule is Cc1c(Cl)ccc(OC2CCN(C3CCNCC3)CC2)c1Cl. The Bertz CT molecular complexity index is 510. The molecule has 3 nitrogen and oxygen atoms in total. The van der Waals surface area contributed by atoms with Crippen LogP contribution in [-0.2, 0) is 0 Å². The summed E-state index contributed by atoms with van der Waals surface area (Å²) in [5, 5.41) is 4.77. The third-order valence-electron chi connectivity index (χ3n) is 4.88. The molecule has 2 saturated heterocycles. The highest BCUT2D eigenvalue weighted by molar-refractivity contribution is 6.36. The molecule has 0 aromatic heterocycles. The van der Waals surface area contributed by atoms with Gasteiger partial charge in [-0.3, -0.25) is 0 Å². The number of benzene rings is 1. The van der Waals surface area contributed by atoms with Crippen LogP contribution in [0.5, 0.6) is 5.75 Å². The fraction of sp³-hybridized carbons (Fsp3) is 0.647. The van der Waals surface area contributed by atoms with Crippen molar-refractivity contribution in [1.82, 2.24) is 10.2 Å². The van der Waals surface area contributed by atoms with Crippen molar-refractivity contribution in [3.05, 3.63) is 27.7 Å². The second kappa shape index (κ2) is 7.39. The predicted molar refractivity (Wildman–Crippen MR) is 92.3 cm³/mol. The highest BCUT2D eigenvalue weighted by Gasteiger charge is 2.27. The van der Waals surface area contributed by atoms with Crippen molar-refractivity contribution in [3.63, 3.8) is 0 Å². The van der Waals surface area contributed by atoms with Gasteiger partial charge in [-0.1, -0.05) is 23.2 Å². The van der Waals surface area contributed by atoms with E-state index in [0.29, 0.717) is 10.0 Å². The first-order chi connectivity index (χ1) is 10.6. The molecule has 1 aromatic carbocycles. The van der Waals surface area contributed by atoms with E-state index < -0.39 is 0 Å². The predicted octanol–water partition coefficient (Wildman–Crippen LogP) is 3.90. The molecule has 0 unspecified atom stereocenters. The Morgan fingerprint density at radius 3 is 2.45 bits per heavy atom. The molecule has 2 heterocycles. The molecule has 2 aliphatic heterocycles. The Morgan fingerprint density at radius 1 is 1.09 bits per heavy atom. The Kier molecular flexibility index (Phi) is 5.50. The first-order valence-corrected chi connectivity index (χ1v) is 8.97. The number of likely N-dealkylation sites (tertiary alicyclic amines) is 1. The fourth-order valence-electron chi connectivity index (χ4n) is 3.44. The zero-order valence-corrected chi connectivity index (χ0v) is 14.6. The van der Waals surface area contributed by atoms with Crippen LogP contribution in [0.25, 0.3) is 0 Å². The monoisotopic (exact) mass is 342 g/mol. The minimum absolute atomic E-state index is 0.260. The summed E-state index contributed by atoms with van der Waals surface area (Å²) >= 11 is 12.4. The summed E-state index contributed by atoms with van der Waals surface area (Å²) in [6, 6.07) is 4.50. The molecule has 2 fully saturated rings. The lowest BCUT2D eigenvalue weighted by molar-refractivity contribution is 0.0654. The molecule has 22 heavy (non-hydrogen) atoms. The van der Waals surface area contributed by atoms with Gasteiger partial charge >= 0.3 is 0 Å². The van der Waals surface area contributed by atoms with Crippen LogP contribution in [0.4, 0.5) is 0 Å². The van der Waals surface area contributed by atoms with E-state index in [9.17, 15) is 0 Å². The van der Waals surface area contributed by atoms with Gasteiger partial charge in [-0.2, -0.15) is 0 Å². The summed E-state index contributed by atoms with van der Waals surface area (Å²) in [4.78, 5) is 2.63. The van der Waals surface area contributed by atoms with E-state index in [-0.39, 0.29) is 6.10 Å². The first kappa shape index (κ1) is 16.4. The number of piperidine rings is 2. The summed E-state index contributed by atoms with van der Waals surface area (Å²) in [5.41, 5.74) is 0.896. The summed E-state index contributed by atoms with van der Waals surface area (Å²) in [6.07, 6.45) is 4.95. The van der Waals surface area contributed by atoms with Crippen molar-refractivity contribution in [3.8, 4) is 5.75 Å². The van der Waals surface area contributed by atoms with Gasteiger partial charge in [0.25, 0.3) is 0 Å². The maximum atomic E-state index is 6.34. The smallest absolute Gasteiger partial charge is 0.138 e. The molecular weight excluding hydrogens is 319 g/mol. The molecule has 0 atom stereocenters. The van der Waals surface area contributed by atoms with Gasteiger partial charge < -0.3 is 15.0 Å². The number of rotatable bonds is 3. The summed E-state index contributed by atoms with van der Waals surface area (Å²) in [7, 11) is 0. The van der Waals surface area contributed by atoms with Gasteiger partial charge in [0.15, 0.2) is 0 Å². The third-order valence-corrected chi connectivity index (χ3v) is 5.76. The number of nitrogens with zero attached hydrogens (tertiary/aromatic N) is 1. The van der Waals surface area contributed by atoms with Gasteiger partial charge in [-0.05, 0) is 63.4 Å². The number of ether oxygens (including phenoxy) is 1. The lowest BCUT2D eigenvalue weighted by atomic mass is 10.00. The van der Waals surface area contributed by atoms with E-state index in [4.69, 9.17) is 27.9 Å². The van der Waals surface area contributed by atoms with Crippen LogP contribution >= 0.6 is 23.2 Å². The van der Waals surface area contributed by atoms with Gasteiger partial charge in [-0.25, -0.2) is 0 Å². The van der Waals surface area contributed by atoms with Crippen molar-refractivity contribution >= 4 is 23.2 Å². The highest BCUT2D eigenvalue weighted by Crippen LogP contribution is 2.34. The minimum Gasteiger partial charge on any atom is -0.489 e. The van der Waals surface area contributed by atoms with Crippen molar-refractivity contribution < 1.29 is 4.74 Å². The molecule has 2 aliphatic rings. The van der Waals surface area contributed by atoms with Crippen LogP contribution in [0.3, 0.4) is 0 Å². The van der Waals surface area contributed by atoms with Crippen LogP contribution in [0, 0.1) is 6.92 Å². The van der Waals surface area contributed by atoms with Gasteiger partial charge in [0.1, 0.15) is 11.9 Å². The maximum absolute atomic E-state index is 6.34. The molecule has 5 heteroatoms. The minimum atomic E-state index is 0.260. The molecule has 122 valence electrons. The normalized spacial score (nSPS) is 22.0. The van der Waals surface area contributed by atoms with Gasteiger partial charge in [0.2, 0.25) is 0 Å². The first-order valence-electron chi connectivity index (χ1n) is 8.21. The van der Waals surface area contributed by atoms with Crippen molar-refractivity contribution in [2.45, 2.75) is 44.8 Å². The molecule has 0 radical (unpaired) electrons. The molecule has 3 rings (SSSR count). The van der Waals surface area contributed by atoms with Gasteiger partial charge in [0.05, 0.1) is 5.02 Å². The van der Waals surface area contributed by atoms with Crippen molar-refractivity contribution in [2.75, 3.05) is 26.2 Å². The standard InChI is InChI=1S/C17H24Cl2N2O/c1-12-15(18)2-3-16(17(12)19)22-14-6-10-21(11-7-14)13-4-8-20-9-5-13/h2-3,13-14,20H,4-11H2,1H3. The summed E-state index contributed by atoms with van der Waals surface area (Å²) in [6.45, 7) is 6.48. The summed E-state index contributed by atoms with van der Waals surface area (Å²) in [5.74, 6) is 0.767. The number of hydrogen-bond acceptors (Lipinski definition) is 3. The van der Waals surface area contributed by atoms with E-state index in [1.807, 2.05) is 19.1 Å². The molecule has 1 aromatic rings. The van der Waals surface area contributed by atoms with Crippen LogP contribution in [-0.4, -0.2) is 43.2 Å². The average molecular weight is 343 g/mol. The van der Waals surface area contributed by atoms with Crippen molar-refractivity contribution in [2.24, 2.45) is 0 Å². The molecule has 0 spiro atoms. The number of nitrogens with one attached hydrogen (secondary N) is 1. The van der Waals surface area contributed by atoms with Crippen LogP contribution < -0.4 is 10.1 Å². The molecule has 0 amide bonds. The lowest BCUT2D eigenvalue weighted by Gasteiger charge is -2.39. The molecule has 0 saturated carbocycles. The molecule has 0 bridgehead atoms. The van der Waals surface area contributed by atoms with E-state index in [1.165, 1.54) is 12.8 Å². The Morgan fingerprint density at radius 2 is 1.77 bits per heavy atom.